The largest absolute Gasteiger partial charge is 0.444 e. The van der Waals surface area contributed by atoms with Crippen molar-refractivity contribution in [2.75, 3.05) is 12.3 Å². The van der Waals surface area contributed by atoms with E-state index in [0.29, 0.717) is 0 Å². The first-order chi connectivity index (χ1) is 15.3. The summed E-state index contributed by atoms with van der Waals surface area (Å²) in [6.07, 6.45) is 1.08. The minimum atomic E-state index is -0.933. The monoisotopic (exact) mass is 479 g/mol. The fourth-order valence-corrected chi connectivity index (χ4v) is 3.96. The van der Waals surface area contributed by atoms with Gasteiger partial charge in [-0.05, 0) is 66.0 Å². The Hall–Kier alpha value is -2.22. The maximum absolute atomic E-state index is 13.5. The van der Waals surface area contributed by atoms with Crippen LogP contribution in [-0.2, 0) is 14.3 Å². The summed E-state index contributed by atoms with van der Waals surface area (Å²) in [6.45, 7) is 15.3. The number of hydrogen-bond acceptors (Lipinski definition) is 5. The van der Waals surface area contributed by atoms with Crippen LogP contribution in [0, 0.1) is 13.8 Å². The van der Waals surface area contributed by atoms with Gasteiger partial charge in [0.2, 0.25) is 11.8 Å². The molecule has 1 aromatic rings. The van der Waals surface area contributed by atoms with E-state index in [1.54, 1.807) is 20.8 Å². The highest BCUT2D eigenvalue weighted by Gasteiger charge is 2.36. The normalized spacial score (nSPS) is 14.1. The molecule has 3 atom stereocenters. The van der Waals surface area contributed by atoms with E-state index < -0.39 is 23.8 Å². The summed E-state index contributed by atoms with van der Waals surface area (Å²) in [5, 5.41) is 5.66. The van der Waals surface area contributed by atoms with Crippen LogP contribution in [0.1, 0.15) is 77.1 Å². The van der Waals surface area contributed by atoms with Crippen molar-refractivity contribution < 1.29 is 19.1 Å². The SMILES string of the molecule is CCCC(C)NC(=O)C(c1ccc(C)cc1C)N(CC)C(=O)C(CS)NC(=O)OC(C)(C)C. The third kappa shape index (κ3) is 8.91. The number of alkyl carbamates (subject to hydrolysis) is 1. The Morgan fingerprint density at radius 3 is 2.24 bits per heavy atom. The van der Waals surface area contributed by atoms with Crippen molar-refractivity contribution in [3.05, 3.63) is 34.9 Å². The predicted octanol–water partition coefficient (Wildman–Crippen LogP) is 4.32. The van der Waals surface area contributed by atoms with Gasteiger partial charge < -0.3 is 20.3 Å². The zero-order chi connectivity index (χ0) is 25.3. The Morgan fingerprint density at radius 2 is 1.76 bits per heavy atom. The lowest BCUT2D eigenvalue weighted by molar-refractivity contribution is -0.142. The number of nitrogens with zero attached hydrogens (tertiary/aromatic N) is 1. The topological polar surface area (TPSA) is 87.7 Å². The first-order valence-corrected chi connectivity index (χ1v) is 12.3. The molecule has 0 aromatic heterocycles. The minimum Gasteiger partial charge on any atom is -0.444 e. The molecule has 0 fully saturated rings. The fraction of sp³-hybridized carbons (Fsp3) is 0.640. The Morgan fingerprint density at radius 1 is 1.12 bits per heavy atom. The van der Waals surface area contributed by atoms with Crippen LogP contribution < -0.4 is 10.6 Å². The van der Waals surface area contributed by atoms with E-state index in [9.17, 15) is 14.4 Å². The van der Waals surface area contributed by atoms with Crippen LogP contribution in [0.3, 0.4) is 0 Å². The number of carbonyl (C=O) groups excluding carboxylic acids is 3. The lowest BCUT2D eigenvalue weighted by atomic mass is 9.96. The number of nitrogens with one attached hydrogen (secondary N) is 2. The summed E-state index contributed by atoms with van der Waals surface area (Å²) < 4.78 is 5.30. The van der Waals surface area contributed by atoms with Gasteiger partial charge in [0.25, 0.3) is 0 Å². The molecule has 0 bridgehead atoms. The molecule has 8 heteroatoms. The van der Waals surface area contributed by atoms with E-state index in [0.717, 1.165) is 29.5 Å². The molecule has 7 nitrogen and oxygen atoms in total. The van der Waals surface area contributed by atoms with E-state index in [1.165, 1.54) is 4.90 Å². The van der Waals surface area contributed by atoms with Crippen molar-refractivity contribution in [1.29, 1.82) is 0 Å². The second-order valence-corrected chi connectivity index (χ2v) is 9.83. The maximum Gasteiger partial charge on any atom is 0.408 e. The van der Waals surface area contributed by atoms with Crippen LogP contribution in [0.2, 0.25) is 0 Å². The van der Waals surface area contributed by atoms with Gasteiger partial charge in [0.15, 0.2) is 0 Å². The number of rotatable bonds is 10. The van der Waals surface area contributed by atoms with Crippen molar-refractivity contribution >= 4 is 30.5 Å². The Kier molecular flexibility index (Phi) is 11.2. The average molecular weight is 480 g/mol. The quantitative estimate of drug-likeness (QED) is 0.436. The van der Waals surface area contributed by atoms with Crippen molar-refractivity contribution in [1.82, 2.24) is 15.5 Å². The summed E-state index contributed by atoms with van der Waals surface area (Å²) in [4.78, 5) is 40.8. The van der Waals surface area contributed by atoms with Crippen LogP contribution in [-0.4, -0.2) is 52.8 Å². The van der Waals surface area contributed by atoms with Crippen LogP contribution in [0.15, 0.2) is 18.2 Å². The standard InChI is InChI=1S/C25H41N3O4S/c1-9-11-18(5)26-22(29)21(19-13-12-16(3)14-17(19)4)28(10-2)23(30)20(15-33)27-24(31)32-25(6,7)8/h12-14,18,20-21,33H,9-11,15H2,1-8H3,(H,26,29)(H,27,31). The number of amides is 3. The van der Waals surface area contributed by atoms with Gasteiger partial charge in [0.1, 0.15) is 17.7 Å². The number of likely N-dealkylation sites (N-methyl/N-ethyl adjacent to an activating group) is 1. The lowest BCUT2D eigenvalue weighted by Crippen LogP contribution is -2.54. The first kappa shape index (κ1) is 28.8. The van der Waals surface area contributed by atoms with Crippen LogP contribution >= 0.6 is 12.6 Å². The van der Waals surface area contributed by atoms with Crippen molar-refractivity contribution in [2.45, 2.75) is 92.0 Å². The van der Waals surface area contributed by atoms with Crippen molar-refractivity contribution in [3.63, 3.8) is 0 Å². The lowest BCUT2D eigenvalue weighted by Gasteiger charge is -2.34. The Labute approximate surface area is 204 Å². The second kappa shape index (κ2) is 12.9. The van der Waals surface area contributed by atoms with Gasteiger partial charge in [-0.2, -0.15) is 12.6 Å². The molecule has 0 aliphatic carbocycles. The highest BCUT2D eigenvalue weighted by atomic mass is 32.1. The highest BCUT2D eigenvalue weighted by molar-refractivity contribution is 7.80. The third-order valence-electron chi connectivity index (χ3n) is 5.19. The number of benzene rings is 1. The first-order valence-electron chi connectivity index (χ1n) is 11.6. The summed E-state index contributed by atoms with van der Waals surface area (Å²) in [7, 11) is 0. The van der Waals surface area contributed by atoms with Gasteiger partial charge in [-0.25, -0.2) is 4.79 Å². The zero-order valence-corrected chi connectivity index (χ0v) is 22.2. The molecule has 0 aliphatic heterocycles. The van der Waals surface area contributed by atoms with Gasteiger partial charge in [-0.1, -0.05) is 37.1 Å². The molecule has 33 heavy (non-hydrogen) atoms. The molecule has 0 saturated carbocycles. The van der Waals surface area contributed by atoms with Gasteiger partial charge in [0, 0.05) is 18.3 Å². The molecule has 2 N–H and O–H groups in total. The molecule has 3 unspecified atom stereocenters. The Balaban J connectivity index is 3.32. The van der Waals surface area contributed by atoms with E-state index in [2.05, 4.69) is 30.2 Å². The number of aryl methyl sites for hydroxylation is 2. The molecular weight excluding hydrogens is 438 g/mol. The van der Waals surface area contributed by atoms with E-state index in [-0.39, 0.29) is 30.2 Å². The molecule has 0 heterocycles. The number of ether oxygens (including phenoxy) is 1. The average Bonchev–Trinajstić information content (AvgIpc) is 2.69. The molecule has 0 radical (unpaired) electrons. The molecule has 186 valence electrons. The molecule has 1 aromatic carbocycles. The highest BCUT2D eigenvalue weighted by Crippen LogP contribution is 2.26. The molecule has 3 amide bonds. The minimum absolute atomic E-state index is 0.0230. The van der Waals surface area contributed by atoms with Gasteiger partial charge >= 0.3 is 6.09 Å². The molecular formula is C25H41N3O4S. The zero-order valence-electron chi connectivity index (χ0n) is 21.3. The summed E-state index contributed by atoms with van der Waals surface area (Å²) in [5.41, 5.74) is 2.05. The van der Waals surface area contributed by atoms with Gasteiger partial charge in [-0.3, -0.25) is 9.59 Å². The van der Waals surface area contributed by atoms with Crippen LogP contribution in [0.4, 0.5) is 4.79 Å². The molecule has 0 spiro atoms. The van der Waals surface area contributed by atoms with E-state index >= 15 is 0 Å². The van der Waals surface area contributed by atoms with E-state index in [1.807, 2.05) is 45.9 Å². The second-order valence-electron chi connectivity index (χ2n) is 9.47. The van der Waals surface area contributed by atoms with Crippen molar-refractivity contribution in [3.8, 4) is 0 Å². The third-order valence-corrected chi connectivity index (χ3v) is 5.55. The van der Waals surface area contributed by atoms with Gasteiger partial charge in [-0.15, -0.1) is 0 Å². The van der Waals surface area contributed by atoms with E-state index in [4.69, 9.17) is 4.74 Å². The predicted molar refractivity (Wildman–Crippen MR) is 136 cm³/mol. The number of thiol groups is 1. The van der Waals surface area contributed by atoms with Crippen LogP contribution in [0.5, 0.6) is 0 Å². The summed E-state index contributed by atoms with van der Waals surface area (Å²) in [5.74, 6) is -0.558. The number of hydrogen-bond donors (Lipinski definition) is 3. The van der Waals surface area contributed by atoms with Crippen molar-refractivity contribution in [2.24, 2.45) is 0 Å². The smallest absolute Gasteiger partial charge is 0.408 e. The molecule has 1 rings (SSSR count). The molecule has 0 aliphatic rings. The maximum atomic E-state index is 13.5. The summed E-state index contributed by atoms with van der Waals surface area (Å²) in [6, 6.07) is 4.04. The molecule has 0 saturated heterocycles. The van der Waals surface area contributed by atoms with Crippen LogP contribution in [0.25, 0.3) is 0 Å². The Bertz CT molecular complexity index is 822. The van der Waals surface area contributed by atoms with Gasteiger partial charge in [0.05, 0.1) is 0 Å². The fourth-order valence-electron chi connectivity index (χ4n) is 3.71. The summed E-state index contributed by atoms with van der Waals surface area (Å²) >= 11 is 4.28. The number of carbonyl (C=O) groups is 3.